The van der Waals surface area contributed by atoms with Crippen LogP contribution in [-0.4, -0.2) is 26.3 Å². The number of hydrogen-bond acceptors (Lipinski definition) is 4. The van der Waals surface area contributed by atoms with E-state index in [-0.39, 0.29) is 15.7 Å². The molecule has 2 aromatic carbocycles. The van der Waals surface area contributed by atoms with Gasteiger partial charge in [-0.2, -0.15) is 5.10 Å². The number of anilines is 1. The molecule has 0 heterocycles. The summed E-state index contributed by atoms with van der Waals surface area (Å²) in [5.74, 6) is -0.423. The Labute approximate surface area is 151 Å². The summed E-state index contributed by atoms with van der Waals surface area (Å²) in [4.78, 5) is 0.163. The lowest BCUT2D eigenvalue weighted by Crippen LogP contribution is -2.25. The fourth-order valence-electron chi connectivity index (χ4n) is 1.91. The van der Waals surface area contributed by atoms with E-state index in [1.165, 1.54) is 25.2 Å². The molecule has 0 unspecified atom stereocenters. The molecule has 0 aliphatic heterocycles. The maximum atomic E-state index is 13.5. The molecule has 25 heavy (non-hydrogen) atoms. The van der Waals surface area contributed by atoms with Gasteiger partial charge in [-0.15, -0.1) is 0 Å². The summed E-state index contributed by atoms with van der Waals surface area (Å²) in [5.41, 5.74) is 4.18. The average Bonchev–Trinajstić information content (AvgIpc) is 2.61. The van der Waals surface area contributed by atoms with Crippen LogP contribution in [0.15, 0.2) is 58.5 Å². The first-order chi connectivity index (χ1) is 11.8. The van der Waals surface area contributed by atoms with E-state index < -0.39 is 15.8 Å². The van der Waals surface area contributed by atoms with Crippen molar-refractivity contribution in [1.82, 2.24) is 10.1 Å². The van der Waals surface area contributed by atoms with E-state index in [1.54, 1.807) is 37.3 Å². The van der Waals surface area contributed by atoms with Crippen LogP contribution in [0.3, 0.4) is 0 Å². The standard InChI is InChI=1S/C16H17FN4O2S2/c1-11(12-7-9-13(10-8-12)25(22,23)18-2)20-21-16(24)19-15-6-4-3-5-14(15)17/h3-10,18H,1-2H3,(H2,19,21,24)/b20-11+. The van der Waals surface area contributed by atoms with Crippen LogP contribution in [0.5, 0.6) is 0 Å². The molecule has 0 amide bonds. The van der Waals surface area contributed by atoms with Crippen molar-refractivity contribution in [3.63, 3.8) is 0 Å². The van der Waals surface area contributed by atoms with Crippen molar-refractivity contribution in [2.75, 3.05) is 12.4 Å². The maximum absolute atomic E-state index is 13.5. The second-order valence-electron chi connectivity index (χ2n) is 4.97. The first-order valence-corrected chi connectivity index (χ1v) is 9.12. The molecule has 2 aromatic rings. The van der Waals surface area contributed by atoms with Gasteiger partial charge in [0.15, 0.2) is 5.11 Å². The highest BCUT2D eigenvalue weighted by molar-refractivity contribution is 7.89. The number of benzene rings is 2. The first kappa shape index (κ1) is 19.0. The van der Waals surface area contributed by atoms with Crippen molar-refractivity contribution < 1.29 is 12.8 Å². The number of halogens is 1. The summed E-state index contributed by atoms with van der Waals surface area (Å²) in [5, 5.41) is 6.95. The maximum Gasteiger partial charge on any atom is 0.240 e. The number of nitrogens with zero attached hydrogens (tertiary/aromatic N) is 1. The third-order valence-electron chi connectivity index (χ3n) is 3.30. The van der Waals surface area contributed by atoms with Crippen LogP contribution >= 0.6 is 12.2 Å². The summed E-state index contributed by atoms with van der Waals surface area (Å²) in [6.45, 7) is 1.74. The van der Waals surface area contributed by atoms with Crippen LogP contribution in [0.4, 0.5) is 10.1 Å². The lowest BCUT2D eigenvalue weighted by atomic mass is 10.1. The van der Waals surface area contributed by atoms with Gasteiger partial charge in [-0.05, 0) is 56.0 Å². The van der Waals surface area contributed by atoms with E-state index in [0.29, 0.717) is 5.71 Å². The minimum Gasteiger partial charge on any atom is -0.329 e. The summed E-state index contributed by atoms with van der Waals surface area (Å²) in [6.07, 6.45) is 0. The van der Waals surface area contributed by atoms with Crippen molar-refractivity contribution in [2.45, 2.75) is 11.8 Å². The number of sulfonamides is 1. The molecule has 3 N–H and O–H groups in total. The molecular weight excluding hydrogens is 363 g/mol. The van der Waals surface area contributed by atoms with E-state index >= 15 is 0 Å². The van der Waals surface area contributed by atoms with E-state index in [4.69, 9.17) is 12.2 Å². The SMILES string of the molecule is CNS(=O)(=O)c1ccc(/C(C)=N/NC(=S)Nc2ccccc2F)cc1. The second-order valence-corrected chi connectivity index (χ2v) is 7.27. The van der Waals surface area contributed by atoms with Crippen molar-refractivity contribution in [1.29, 1.82) is 0 Å². The van der Waals surface area contributed by atoms with Crippen molar-refractivity contribution in [3.8, 4) is 0 Å². The number of thiocarbonyl (C=S) groups is 1. The van der Waals surface area contributed by atoms with Crippen LogP contribution in [0, 0.1) is 5.82 Å². The van der Waals surface area contributed by atoms with Crippen LogP contribution in [0.1, 0.15) is 12.5 Å². The summed E-state index contributed by atoms with van der Waals surface area (Å²) in [6, 6.07) is 12.4. The van der Waals surface area contributed by atoms with Gasteiger partial charge < -0.3 is 5.32 Å². The Balaban J connectivity index is 2.04. The molecule has 0 aliphatic carbocycles. The molecule has 0 aliphatic rings. The Hall–Kier alpha value is -2.36. The van der Waals surface area contributed by atoms with Gasteiger partial charge >= 0.3 is 0 Å². The van der Waals surface area contributed by atoms with Gasteiger partial charge in [0.2, 0.25) is 10.0 Å². The van der Waals surface area contributed by atoms with Gasteiger partial charge in [0.05, 0.1) is 16.3 Å². The molecule has 0 radical (unpaired) electrons. The molecule has 0 fully saturated rings. The fourth-order valence-corrected chi connectivity index (χ4v) is 2.79. The molecular formula is C16H17FN4O2S2. The molecule has 0 atom stereocenters. The minimum atomic E-state index is -3.48. The molecule has 0 aromatic heterocycles. The first-order valence-electron chi connectivity index (χ1n) is 7.23. The Morgan fingerprint density at radius 3 is 2.36 bits per heavy atom. The van der Waals surface area contributed by atoms with E-state index in [0.717, 1.165) is 5.56 Å². The van der Waals surface area contributed by atoms with E-state index in [9.17, 15) is 12.8 Å². The van der Waals surface area contributed by atoms with Crippen LogP contribution in [0.25, 0.3) is 0 Å². The number of hydrazone groups is 1. The van der Waals surface area contributed by atoms with E-state index in [1.807, 2.05) is 0 Å². The van der Waals surface area contributed by atoms with Gasteiger partial charge in [-0.3, -0.25) is 5.43 Å². The highest BCUT2D eigenvalue weighted by Crippen LogP contribution is 2.12. The van der Waals surface area contributed by atoms with Gasteiger partial charge in [-0.25, -0.2) is 17.5 Å². The number of para-hydroxylation sites is 1. The molecule has 132 valence electrons. The van der Waals surface area contributed by atoms with Crippen LogP contribution < -0.4 is 15.5 Å². The molecule has 0 bridgehead atoms. The Morgan fingerprint density at radius 1 is 1.12 bits per heavy atom. The van der Waals surface area contributed by atoms with Gasteiger partial charge in [0.1, 0.15) is 5.82 Å². The van der Waals surface area contributed by atoms with Gasteiger partial charge in [-0.1, -0.05) is 24.3 Å². The quantitative estimate of drug-likeness (QED) is 0.422. The van der Waals surface area contributed by atoms with Crippen LogP contribution in [0.2, 0.25) is 0 Å². The molecule has 0 saturated carbocycles. The molecule has 0 spiro atoms. The number of hydrogen-bond donors (Lipinski definition) is 3. The summed E-state index contributed by atoms with van der Waals surface area (Å²) < 4.78 is 39.2. The van der Waals surface area contributed by atoms with Gasteiger partial charge in [0.25, 0.3) is 0 Å². The predicted octanol–water partition coefficient (Wildman–Crippen LogP) is 2.44. The predicted molar refractivity (Wildman–Crippen MR) is 101 cm³/mol. The lowest BCUT2D eigenvalue weighted by Gasteiger charge is -2.09. The fraction of sp³-hybridized carbons (Fsp3) is 0.125. The largest absolute Gasteiger partial charge is 0.329 e. The third kappa shape index (κ3) is 5.05. The van der Waals surface area contributed by atoms with Gasteiger partial charge in [0, 0.05) is 0 Å². The topological polar surface area (TPSA) is 82.6 Å². The van der Waals surface area contributed by atoms with E-state index in [2.05, 4.69) is 20.6 Å². The monoisotopic (exact) mass is 380 g/mol. The Morgan fingerprint density at radius 2 is 1.76 bits per heavy atom. The average molecular weight is 380 g/mol. The van der Waals surface area contributed by atoms with Crippen molar-refractivity contribution in [2.24, 2.45) is 5.10 Å². The molecule has 2 rings (SSSR count). The smallest absolute Gasteiger partial charge is 0.240 e. The zero-order valence-electron chi connectivity index (χ0n) is 13.6. The van der Waals surface area contributed by atoms with Crippen molar-refractivity contribution in [3.05, 3.63) is 59.9 Å². The summed E-state index contributed by atoms with van der Waals surface area (Å²) in [7, 11) is -2.13. The molecule has 9 heteroatoms. The van der Waals surface area contributed by atoms with Crippen molar-refractivity contribution >= 4 is 38.8 Å². The summed E-state index contributed by atoms with van der Waals surface area (Å²) >= 11 is 5.07. The minimum absolute atomic E-state index is 0.138. The Bertz CT molecular complexity index is 897. The zero-order valence-corrected chi connectivity index (χ0v) is 15.2. The Kier molecular flexibility index (Phi) is 6.18. The van der Waals surface area contributed by atoms with Crippen LogP contribution in [-0.2, 0) is 10.0 Å². The molecule has 6 nitrogen and oxygen atoms in total. The lowest BCUT2D eigenvalue weighted by molar-refractivity contribution is 0.588. The second kappa shape index (κ2) is 8.15. The number of nitrogens with one attached hydrogen (secondary N) is 3. The highest BCUT2D eigenvalue weighted by atomic mass is 32.2. The zero-order chi connectivity index (χ0) is 18.4. The number of rotatable bonds is 5. The highest BCUT2D eigenvalue weighted by Gasteiger charge is 2.11. The normalized spacial score (nSPS) is 11.9. The molecule has 0 saturated heterocycles. The third-order valence-corrected chi connectivity index (χ3v) is 4.92.